The minimum absolute atomic E-state index is 0.0437. The Labute approximate surface area is 237 Å². The summed E-state index contributed by atoms with van der Waals surface area (Å²) >= 11 is 1.31. The summed E-state index contributed by atoms with van der Waals surface area (Å²) in [6, 6.07) is -0.605. The number of aromatic nitrogens is 2. The summed E-state index contributed by atoms with van der Waals surface area (Å²) in [5.74, 6) is 0.881. The third-order valence-corrected chi connectivity index (χ3v) is 9.30. The standard InChI is InChI=1S/C30H44N4O4S/c1-7-38-24(35)9-13-31-19(2)26(36)25-27(37)28(39-6)33-23(32-25)16-20-10-14-34(15-11-20)22-8-12-30(29(3,4)5)18-21(30)17-22/h8,12,17,19-21,31,37H,7,9-11,13-16,18H2,1-6H3. The number of likely N-dealkylation sites (tertiary alicyclic amines) is 1. The van der Waals surface area contributed by atoms with Crippen molar-refractivity contribution in [2.24, 2.45) is 22.7 Å². The van der Waals surface area contributed by atoms with Crippen molar-refractivity contribution in [2.45, 2.75) is 77.8 Å². The molecule has 1 aliphatic heterocycles. The minimum Gasteiger partial charge on any atom is -0.503 e. The quantitative estimate of drug-likeness (QED) is 0.172. The van der Waals surface area contributed by atoms with Crippen LogP contribution in [-0.2, 0) is 16.0 Å². The minimum atomic E-state index is -0.605. The predicted octanol–water partition coefficient (Wildman–Crippen LogP) is 4.78. The second-order valence-corrected chi connectivity index (χ2v) is 12.9. The monoisotopic (exact) mass is 556 g/mol. The Bertz CT molecular complexity index is 1140. The summed E-state index contributed by atoms with van der Waals surface area (Å²) in [5, 5.41) is 14.2. The van der Waals surface area contributed by atoms with E-state index >= 15 is 0 Å². The summed E-state index contributed by atoms with van der Waals surface area (Å²) in [5.41, 5.74) is 2.03. The Balaban J connectivity index is 1.35. The van der Waals surface area contributed by atoms with E-state index in [4.69, 9.17) is 4.74 Å². The van der Waals surface area contributed by atoms with Crippen LogP contribution in [0.4, 0.5) is 0 Å². The number of hydrogen-bond donors (Lipinski definition) is 2. The largest absolute Gasteiger partial charge is 0.503 e. The zero-order valence-corrected chi connectivity index (χ0v) is 25.1. The Morgan fingerprint density at radius 3 is 2.62 bits per heavy atom. The summed E-state index contributed by atoms with van der Waals surface area (Å²) in [6.45, 7) is 13.1. The van der Waals surface area contributed by atoms with E-state index in [9.17, 15) is 14.7 Å². The van der Waals surface area contributed by atoms with Crippen molar-refractivity contribution < 1.29 is 19.4 Å². The molecule has 1 aromatic heterocycles. The third kappa shape index (κ3) is 6.51. The molecule has 0 spiro atoms. The van der Waals surface area contributed by atoms with Crippen molar-refractivity contribution in [3.8, 4) is 5.75 Å². The molecule has 4 rings (SSSR count). The summed E-state index contributed by atoms with van der Waals surface area (Å²) in [6.07, 6.45) is 13.3. The highest BCUT2D eigenvalue weighted by atomic mass is 32.2. The molecular weight excluding hydrogens is 512 g/mol. The maximum absolute atomic E-state index is 13.2. The first-order valence-corrected chi connectivity index (χ1v) is 15.4. The van der Waals surface area contributed by atoms with E-state index in [0.717, 1.165) is 25.9 Å². The van der Waals surface area contributed by atoms with E-state index in [1.807, 2.05) is 6.26 Å². The van der Waals surface area contributed by atoms with Crippen molar-refractivity contribution in [1.82, 2.24) is 20.2 Å². The van der Waals surface area contributed by atoms with Crippen molar-refractivity contribution in [1.29, 1.82) is 0 Å². The van der Waals surface area contributed by atoms with Gasteiger partial charge in [-0.2, -0.15) is 0 Å². The van der Waals surface area contributed by atoms with Crippen LogP contribution in [0.1, 0.15) is 76.6 Å². The van der Waals surface area contributed by atoms with Crippen molar-refractivity contribution in [2.75, 3.05) is 32.5 Å². The molecule has 1 aromatic rings. The molecule has 1 saturated heterocycles. The smallest absolute Gasteiger partial charge is 0.307 e. The zero-order chi connectivity index (χ0) is 28.4. The lowest BCUT2D eigenvalue weighted by Gasteiger charge is -2.37. The van der Waals surface area contributed by atoms with Gasteiger partial charge >= 0.3 is 5.97 Å². The lowest BCUT2D eigenvalue weighted by atomic mass is 9.74. The second-order valence-electron chi connectivity index (χ2n) is 12.1. The fourth-order valence-corrected chi connectivity index (χ4v) is 6.47. The Kier molecular flexibility index (Phi) is 9.11. The van der Waals surface area contributed by atoms with E-state index < -0.39 is 6.04 Å². The molecule has 0 radical (unpaired) electrons. The van der Waals surface area contributed by atoms with Crippen LogP contribution in [0.3, 0.4) is 0 Å². The molecular formula is C30H44N4O4S. The van der Waals surface area contributed by atoms with Crippen molar-refractivity contribution in [3.05, 3.63) is 35.4 Å². The van der Waals surface area contributed by atoms with Gasteiger partial charge < -0.3 is 20.1 Å². The predicted molar refractivity (Wildman–Crippen MR) is 154 cm³/mol. The average molecular weight is 557 g/mol. The number of rotatable bonds is 11. The van der Waals surface area contributed by atoms with E-state index in [0.29, 0.717) is 53.1 Å². The lowest BCUT2D eigenvalue weighted by molar-refractivity contribution is -0.143. The molecule has 39 heavy (non-hydrogen) atoms. The number of nitrogens with zero attached hydrogens (tertiary/aromatic N) is 3. The Morgan fingerprint density at radius 2 is 2.00 bits per heavy atom. The fraction of sp³-hybridized carbons (Fsp3) is 0.667. The van der Waals surface area contributed by atoms with E-state index in [2.05, 4.69) is 59.2 Å². The van der Waals surface area contributed by atoms with E-state index in [-0.39, 0.29) is 29.6 Å². The molecule has 8 nitrogen and oxygen atoms in total. The number of thioether (sulfide) groups is 1. The van der Waals surface area contributed by atoms with Crippen molar-refractivity contribution >= 4 is 23.5 Å². The summed E-state index contributed by atoms with van der Waals surface area (Å²) in [4.78, 5) is 36.4. The molecule has 3 aliphatic rings. The van der Waals surface area contributed by atoms with Gasteiger partial charge in [0.1, 0.15) is 10.9 Å². The number of allylic oxidation sites excluding steroid dienone is 3. The first kappa shape index (κ1) is 29.6. The molecule has 214 valence electrons. The number of carbonyl (C=O) groups is 2. The molecule has 2 fully saturated rings. The van der Waals surface area contributed by atoms with Crippen molar-refractivity contribution in [3.63, 3.8) is 0 Å². The molecule has 2 N–H and O–H groups in total. The van der Waals surface area contributed by atoms with Crippen LogP contribution in [0.5, 0.6) is 5.75 Å². The van der Waals surface area contributed by atoms with Gasteiger partial charge in [0.2, 0.25) is 5.78 Å². The number of Topliss-reactive ketones (excluding diaryl/α,β-unsaturated/α-hetero) is 1. The van der Waals surface area contributed by atoms with Gasteiger partial charge in [-0.25, -0.2) is 9.97 Å². The number of aromatic hydroxyl groups is 1. The van der Waals surface area contributed by atoms with Gasteiger partial charge in [-0.15, -0.1) is 11.8 Å². The maximum Gasteiger partial charge on any atom is 0.307 e. The van der Waals surface area contributed by atoms with Gasteiger partial charge in [0.05, 0.1) is 19.1 Å². The fourth-order valence-electron chi connectivity index (χ4n) is 5.98. The number of hydrogen-bond acceptors (Lipinski definition) is 9. The van der Waals surface area contributed by atoms with Crippen LogP contribution in [0.25, 0.3) is 0 Å². The summed E-state index contributed by atoms with van der Waals surface area (Å²) in [7, 11) is 0. The van der Waals surface area contributed by atoms with Crippen LogP contribution in [-0.4, -0.2) is 70.3 Å². The third-order valence-electron chi connectivity index (χ3n) is 8.63. The molecule has 0 bridgehead atoms. The summed E-state index contributed by atoms with van der Waals surface area (Å²) < 4.78 is 4.93. The molecule has 1 saturated carbocycles. The van der Waals surface area contributed by atoms with Crippen LogP contribution in [0, 0.1) is 22.7 Å². The Morgan fingerprint density at radius 1 is 1.28 bits per heavy atom. The zero-order valence-electron chi connectivity index (χ0n) is 24.2. The van der Waals surface area contributed by atoms with Crippen LogP contribution in [0.2, 0.25) is 0 Å². The normalized spacial score (nSPS) is 23.7. The molecule has 0 amide bonds. The highest BCUT2D eigenvalue weighted by Crippen LogP contribution is 2.66. The molecule has 2 heterocycles. The number of ether oxygens (including phenoxy) is 1. The van der Waals surface area contributed by atoms with Gasteiger partial charge in [-0.1, -0.05) is 32.9 Å². The topological polar surface area (TPSA) is 105 Å². The van der Waals surface area contributed by atoms with Gasteiger partial charge in [0.15, 0.2) is 11.4 Å². The number of piperidine rings is 1. The van der Waals surface area contributed by atoms with E-state index in [1.54, 1.807) is 13.8 Å². The molecule has 3 atom stereocenters. The number of ketones is 1. The highest BCUT2D eigenvalue weighted by Gasteiger charge is 2.59. The maximum atomic E-state index is 13.2. The SMILES string of the molecule is CCOC(=O)CCNC(C)C(=O)c1nc(CC2CCN(C3=CC4CC4(C(C)(C)C)C=C3)CC2)nc(SC)c1O. The first-order chi connectivity index (χ1) is 18.5. The van der Waals surface area contributed by atoms with Crippen LogP contribution < -0.4 is 5.32 Å². The van der Waals surface area contributed by atoms with Gasteiger partial charge in [-0.05, 0) is 62.7 Å². The second kappa shape index (κ2) is 12.0. The van der Waals surface area contributed by atoms with Gasteiger partial charge in [0.25, 0.3) is 0 Å². The first-order valence-electron chi connectivity index (χ1n) is 14.2. The van der Waals surface area contributed by atoms with Gasteiger partial charge in [-0.3, -0.25) is 9.59 Å². The molecule has 2 aliphatic carbocycles. The van der Waals surface area contributed by atoms with Crippen LogP contribution >= 0.6 is 11.8 Å². The number of fused-ring (bicyclic) bond motifs is 1. The molecule has 3 unspecified atom stereocenters. The van der Waals surface area contributed by atoms with Gasteiger partial charge in [0, 0.05) is 37.2 Å². The van der Waals surface area contributed by atoms with E-state index in [1.165, 1.54) is 23.9 Å². The molecule has 9 heteroatoms. The number of esters is 1. The molecule has 0 aromatic carbocycles. The average Bonchev–Trinajstić information content (AvgIpc) is 3.65. The Hall–Kier alpha value is -2.39. The number of carbonyl (C=O) groups excluding carboxylic acids is 2. The number of nitrogens with one attached hydrogen (secondary N) is 1. The van der Waals surface area contributed by atoms with Crippen LogP contribution in [0.15, 0.2) is 29.0 Å². The lowest BCUT2D eigenvalue weighted by Crippen LogP contribution is -2.36. The highest BCUT2D eigenvalue weighted by molar-refractivity contribution is 7.98.